The number of hydrogen-bond donors (Lipinski definition) is 0. The van der Waals surface area contributed by atoms with Crippen LogP contribution in [0.4, 0.5) is 0 Å². The molecule has 5 nitrogen and oxygen atoms in total. The second-order valence-electron chi connectivity index (χ2n) is 14.4. The minimum atomic E-state index is 0.601. The van der Waals surface area contributed by atoms with Gasteiger partial charge < -0.3 is 8.98 Å². The lowest BCUT2D eigenvalue weighted by Crippen LogP contribution is -2.00. The van der Waals surface area contributed by atoms with Gasteiger partial charge in [-0.05, 0) is 71.8 Å². The maximum absolute atomic E-state index is 6.27. The highest BCUT2D eigenvalue weighted by molar-refractivity contribution is 7.26. The lowest BCUT2D eigenvalue weighted by atomic mass is 10.00. The summed E-state index contributed by atoms with van der Waals surface area (Å²) in [5, 5.41) is 6.98. The second kappa shape index (κ2) is 12.6. The molecule has 0 unspecified atom stereocenters. The Morgan fingerprint density at radius 3 is 1.91 bits per heavy atom. The van der Waals surface area contributed by atoms with E-state index in [9.17, 15) is 0 Å². The van der Waals surface area contributed by atoms with E-state index in [0.717, 1.165) is 49.7 Å². The molecule has 0 N–H and O–H groups in total. The SMILES string of the molecule is c1ccc(-c2nc(-c3ccc4c(c3)oc3ccccc34)nc(-c3cccc4sc5cc(-c6ccc7c(c6)c6ccccc6n7-c6ccccc6)ccc5c34)n2)cc1. The Kier molecular flexibility index (Phi) is 7.03. The summed E-state index contributed by atoms with van der Waals surface area (Å²) in [6.07, 6.45) is 0. The van der Waals surface area contributed by atoms with Gasteiger partial charge >= 0.3 is 0 Å². The molecule has 12 rings (SSSR count). The Balaban J connectivity index is 1.00. The van der Waals surface area contributed by atoms with Crippen LogP contribution in [0.5, 0.6) is 0 Å². The van der Waals surface area contributed by atoms with Gasteiger partial charge in [0.15, 0.2) is 17.5 Å². The van der Waals surface area contributed by atoms with Gasteiger partial charge in [0, 0.05) is 64.1 Å². The highest BCUT2D eigenvalue weighted by Crippen LogP contribution is 2.42. The molecular formula is C51H30N4OS. The summed E-state index contributed by atoms with van der Waals surface area (Å²) in [6.45, 7) is 0. The lowest BCUT2D eigenvalue weighted by molar-refractivity contribution is 0.669. The predicted molar refractivity (Wildman–Crippen MR) is 236 cm³/mol. The first-order valence-electron chi connectivity index (χ1n) is 19.0. The third-order valence-corrected chi connectivity index (χ3v) is 12.2. The maximum atomic E-state index is 6.27. The largest absolute Gasteiger partial charge is 0.456 e. The molecule has 12 aromatic rings. The third kappa shape index (κ3) is 5.12. The van der Waals surface area contributed by atoms with E-state index in [2.05, 4.69) is 132 Å². The molecule has 0 spiro atoms. The van der Waals surface area contributed by atoms with Crippen molar-refractivity contribution in [1.82, 2.24) is 19.5 Å². The molecule has 0 atom stereocenters. The summed E-state index contributed by atoms with van der Waals surface area (Å²) < 4.78 is 11.0. The van der Waals surface area contributed by atoms with Crippen LogP contribution in [0.3, 0.4) is 0 Å². The topological polar surface area (TPSA) is 56.7 Å². The number of aromatic nitrogens is 4. The Labute approximate surface area is 330 Å². The zero-order chi connectivity index (χ0) is 37.5. The van der Waals surface area contributed by atoms with Crippen molar-refractivity contribution < 1.29 is 4.42 Å². The van der Waals surface area contributed by atoms with Gasteiger partial charge in [0.05, 0.1) is 11.0 Å². The summed E-state index contributed by atoms with van der Waals surface area (Å²) in [5.41, 5.74) is 10.4. The molecule has 4 heterocycles. The van der Waals surface area contributed by atoms with Gasteiger partial charge in [0.25, 0.3) is 0 Å². The van der Waals surface area contributed by atoms with Gasteiger partial charge in [-0.3, -0.25) is 0 Å². The summed E-state index contributed by atoms with van der Waals surface area (Å²) in [5.74, 6) is 1.87. The van der Waals surface area contributed by atoms with E-state index in [-0.39, 0.29) is 0 Å². The smallest absolute Gasteiger partial charge is 0.164 e. The fourth-order valence-electron chi connectivity index (χ4n) is 8.41. The number of furan rings is 1. The quantitative estimate of drug-likeness (QED) is 0.176. The Morgan fingerprint density at radius 2 is 1.04 bits per heavy atom. The third-order valence-electron chi connectivity index (χ3n) is 11.1. The number of hydrogen-bond acceptors (Lipinski definition) is 5. The minimum absolute atomic E-state index is 0.601. The number of benzene rings is 8. The van der Waals surface area contributed by atoms with Crippen LogP contribution < -0.4 is 0 Å². The van der Waals surface area contributed by atoms with Gasteiger partial charge in [-0.1, -0.05) is 121 Å². The van der Waals surface area contributed by atoms with Gasteiger partial charge in [0.2, 0.25) is 0 Å². The first kappa shape index (κ1) is 31.9. The van der Waals surface area contributed by atoms with Crippen molar-refractivity contribution >= 4 is 75.3 Å². The van der Waals surface area contributed by atoms with Crippen LogP contribution in [0.15, 0.2) is 186 Å². The van der Waals surface area contributed by atoms with Crippen LogP contribution in [0.25, 0.3) is 115 Å². The summed E-state index contributed by atoms with van der Waals surface area (Å²) in [7, 11) is 0. The van der Waals surface area contributed by atoms with Gasteiger partial charge in [-0.25, -0.2) is 15.0 Å². The zero-order valence-corrected chi connectivity index (χ0v) is 31.2. The van der Waals surface area contributed by atoms with Crippen LogP contribution in [0.1, 0.15) is 0 Å². The van der Waals surface area contributed by atoms with Crippen molar-refractivity contribution in [3.8, 4) is 51.0 Å². The van der Waals surface area contributed by atoms with Crippen molar-refractivity contribution in [2.24, 2.45) is 0 Å². The van der Waals surface area contributed by atoms with Crippen LogP contribution in [-0.4, -0.2) is 19.5 Å². The van der Waals surface area contributed by atoms with E-state index in [4.69, 9.17) is 19.4 Å². The number of para-hydroxylation sites is 3. The highest BCUT2D eigenvalue weighted by atomic mass is 32.1. The molecule has 4 aromatic heterocycles. The van der Waals surface area contributed by atoms with Crippen molar-refractivity contribution in [3.63, 3.8) is 0 Å². The first-order chi connectivity index (χ1) is 28.2. The molecule has 57 heavy (non-hydrogen) atoms. The van der Waals surface area contributed by atoms with Gasteiger partial charge in [0.1, 0.15) is 11.2 Å². The standard InChI is InChI=1S/C51H30N4OS/c1-3-12-31(13-4-1)49-52-50(34-23-25-38-37-17-8-10-20-44(37)56-45(38)29-34)54-51(53-49)40-18-11-21-46-48(40)39-26-22-33(30-47(39)57-46)32-24-27-43-41(28-32)36-16-7-9-19-42(36)55(43)35-14-5-2-6-15-35/h1-30H. The second-order valence-corrected chi connectivity index (χ2v) is 15.5. The molecule has 266 valence electrons. The minimum Gasteiger partial charge on any atom is -0.456 e. The Bertz CT molecular complexity index is 3530. The fourth-order valence-corrected chi connectivity index (χ4v) is 9.58. The summed E-state index contributed by atoms with van der Waals surface area (Å²) in [4.78, 5) is 15.3. The molecule has 0 aliphatic rings. The van der Waals surface area contributed by atoms with Crippen LogP contribution in [0, 0.1) is 0 Å². The monoisotopic (exact) mass is 746 g/mol. The number of nitrogens with zero attached hydrogens (tertiary/aromatic N) is 4. The first-order valence-corrected chi connectivity index (χ1v) is 19.8. The average molecular weight is 747 g/mol. The molecule has 0 bridgehead atoms. The van der Waals surface area contributed by atoms with E-state index in [0.29, 0.717) is 17.5 Å². The fraction of sp³-hybridized carbons (Fsp3) is 0. The molecule has 6 heteroatoms. The van der Waals surface area contributed by atoms with Crippen molar-refractivity contribution in [2.45, 2.75) is 0 Å². The van der Waals surface area contributed by atoms with Crippen molar-refractivity contribution in [2.75, 3.05) is 0 Å². The van der Waals surface area contributed by atoms with E-state index < -0.39 is 0 Å². The van der Waals surface area contributed by atoms with E-state index in [1.54, 1.807) is 11.3 Å². The van der Waals surface area contributed by atoms with E-state index in [1.165, 1.54) is 47.7 Å². The van der Waals surface area contributed by atoms with E-state index in [1.807, 2.05) is 54.6 Å². The Hall–Kier alpha value is -7.41. The maximum Gasteiger partial charge on any atom is 0.164 e. The van der Waals surface area contributed by atoms with Crippen LogP contribution >= 0.6 is 11.3 Å². The highest BCUT2D eigenvalue weighted by Gasteiger charge is 2.19. The summed E-state index contributed by atoms with van der Waals surface area (Å²) in [6, 6.07) is 63.9. The molecule has 0 aliphatic heterocycles. The number of thiophene rings is 1. The Morgan fingerprint density at radius 1 is 0.386 bits per heavy atom. The molecule has 0 saturated carbocycles. The molecular weight excluding hydrogens is 717 g/mol. The average Bonchev–Trinajstić information content (AvgIpc) is 3.95. The lowest BCUT2D eigenvalue weighted by Gasteiger charge is -2.10. The predicted octanol–water partition coefficient (Wildman–Crippen LogP) is 13.9. The number of fused-ring (bicyclic) bond motifs is 9. The summed E-state index contributed by atoms with van der Waals surface area (Å²) >= 11 is 1.80. The van der Waals surface area contributed by atoms with E-state index >= 15 is 0 Å². The molecule has 0 radical (unpaired) electrons. The van der Waals surface area contributed by atoms with Crippen molar-refractivity contribution in [1.29, 1.82) is 0 Å². The zero-order valence-electron chi connectivity index (χ0n) is 30.4. The molecule has 0 amide bonds. The van der Waals surface area contributed by atoms with Crippen molar-refractivity contribution in [3.05, 3.63) is 182 Å². The molecule has 0 aliphatic carbocycles. The van der Waals surface area contributed by atoms with Gasteiger partial charge in [-0.15, -0.1) is 11.3 Å². The molecule has 0 saturated heterocycles. The number of rotatable bonds is 5. The van der Waals surface area contributed by atoms with Crippen LogP contribution in [0.2, 0.25) is 0 Å². The normalized spacial score (nSPS) is 11.9. The van der Waals surface area contributed by atoms with Gasteiger partial charge in [-0.2, -0.15) is 0 Å². The molecule has 0 fully saturated rings. The van der Waals surface area contributed by atoms with Crippen LogP contribution in [-0.2, 0) is 0 Å². The molecule has 8 aromatic carbocycles.